The van der Waals surface area contributed by atoms with Crippen molar-refractivity contribution in [3.63, 3.8) is 0 Å². The Labute approximate surface area is 101 Å². The zero-order valence-corrected chi connectivity index (χ0v) is 10.6. The second kappa shape index (κ2) is 5.33. The zero-order valence-electron chi connectivity index (χ0n) is 9.87. The molecule has 1 N–H and O–H groups in total. The van der Waals surface area contributed by atoms with Crippen LogP contribution in [0.3, 0.4) is 0 Å². The molecule has 1 aromatic rings. The van der Waals surface area contributed by atoms with Crippen LogP contribution in [0.5, 0.6) is 0 Å². The van der Waals surface area contributed by atoms with Crippen molar-refractivity contribution in [1.29, 1.82) is 5.26 Å². The third-order valence-corrected chi connectivity index (χ3v) is 2.49. The van der Waals surface area contributed by atoms with Crippen molar-refractivity contribution in [1.82, 2.24) is 15.1 Å². The van der Waals surface area contributed by atoms with E-state index in [9.17, 15) is 0 Å². The lowest BCUT2D eigenvalue weighted by Crippen LogP contribution is -2.45. The summed E-state index contributed by atoms with van der Waals surface area (Å²) in [4.78, 5) is 0. The van der Waals surface area contributed by atoms with Gasteiger partial charge in [-0.1, -0.05) is 11.6 Å². The molecule has 1 rings (SSSR count). The highest BCUT2D eigenvalue weighted by atomic mass is 35.5. The summed E-state index contributed by atoms with van der Waals surface area (Å²) in [7, 11) is 0. The van der Waals surface area contributed by atoms with Gasteiger partial charge in [0.05, 0.1) is 17.3 Å². The van der Waals surface area contributed by atoms with Crippen LogP contribution >= 0.6 is 11.6 Å². The molecule has 16 heavy (non-hydrogen) atoms. The van der Waals surface area contributed by atoms with Gasteiger partial charge in [0.25, 0.3) is 0 Å². The molecule has 0 fully saturated rings. The summed E-state index contributed by atoms with van der Waals surface area (Å²) >= 11 is 5.76. The molecule has 1 heterocycles. The number of nitrogens with zero attached hydrogens (tertiary/aromatic N) is 3. The summed E-state index contributed by atoms with van der Waals surface area (Å²) in [6.07, 6.45) is 4.05. The van der Waals surface area contributed by atoms with Crippen molar-refractivity contribution >= 4 is 11.6 Å². The van der Waals surface area contributed by atoms with Gasteiger partial charge in [0.15, 0.2) is 0 Å². The van der Waals surface area contributed by atoms with Crippen LogP contribution in [-0.2, 0) is 6.54 Å². The molecule has 0 spiro atoms. The maximum absolute atomic E-state index is 9.15. The van der Waals surface area contributed by atoms with Gasteiger partial charge in [-0.05, 0) is 27.2 Å². The van der Waals surface area contributed by atoms with Crippen LogP contribution in [0.4, 0.5) is 0 Å². The van der Waals surface area contributed by atoms with Crippen molar-refractivity contribution in [2.45, 2.75) is 45.3 Å². The van der Waals surface area contributed by atoms with E-state index in [0.717, 1.165) is 0 Å². The van der Waals surface area contributed by atoms with Gasteiger partial charge in [-0.15, -0.1) is 0 Å². The molecule has 0 bridgehead atoms. The van der Waals surface area contributed by atoms with Crippen LogP contribution in [0.15, 0.2) is 12.4 Å². The second-order valence-corrected chi connectivity index (χ2v) is 4.85. The van der Waals surface area contributed by atoms with Crippen LogP contribution in [0.1, 0.15) is 27.2 Å². The van der Waals surface area contributed by atoms with Gasteiger partial charge in [-0.2, -0.15) is 10.4 Å². The second-order valence-electron chi connectivity index (χ2n) is 4.41. The van der Waals surface area contributed by atoms with E-state index in [2.05, 4.69) is 16.5 Å². The standard InChI is InChI=1S/C11H17ClN4/c1-9(2)15-11(3,8-13)4-5-16-7-10(12)6-14-16/h6-7,9,15H,4-5H2,1-3H3. The van der Waals surface area contributed by atoms with Crippen LogP contribution in [0.25, 0.3) is 0 Å². The van der Waals surface area contributed by atoms with Crippen LogP contribution in [0, 0.1) is 11.3 Å². The van der Waals surface area contributed by atoms with Crippen LogP contribution in [0.2, 0.25) is 5.02 Å². The molecule has 0 aliphatic heterocycles. The number of halogens is 1. The smallest absolute Gasteiger partial charge is 0.105 e. The molecule has 5 heteroatoms. The summed E-state index contributed by atoms with van der Waals surface area (Å²) in [5.41, 5.74) is -0.521. The molecule has 0 amide bonds. The Kier molecular flexibility index (Phi) is 4.34. The Morgan fingerprint density at radius 2 is 2.38 bits per heavy atom. The average molecular weight is 241 g/mol. The number of nitriles is 1. The first kappa shape index (κ1) is 13.0. The maximum Gasteiger partial charge on any atom is 0.105 e. The first-order valence-electron chi connectivity index (χ1n) is 5.32. The first-order valence-corrected chi connectivity index (χ1v) is 5.70. The number of aryl methyl sites for hydroxylation is 1. The average Bonchev–Trinajstić information content (AvgIpc) is 2.60. The first-order chi connectivity index (χ1) is 7.45. The molecular formula is C11H17ClN4. The molecule has 1 unspecified atom stereocenters. The SMILES string of the molecule is CC(C)NC(C)(C#N)CCn1cc(Cl)cn1. The van der Waals surface area contributed by atoms with E-state index in [1.807, 2.05) is 20.8 Å². The largest absolute Gasteiger partial charge is 0.297 e. The Balaban J connectivity index is 2.55. The van der Waals surface area contributed by atoms with Crippen LogP contribution in [-0.4, -0.2) is 21.4 Å². The van der Waals surface area contributed by atoms with E-state index in [4.69, 9.17) is 16.9 Å². The van der Waals surface area contributed by atoms with Crippen LogP contribution < -0.4 is 5.32 Å². The summed E-state index contributed by atoms with van der Waals surface area (Å²) < 4.78 is 1.75. The lowest BCUT2D eigenvalue weighted by molar-refractivity contribution is 0.355. The predicted molar refractivity (Wildman–Crippen MR) is 64.1 cm³/mol. The van der Waals surface area contributed by atoms with Gasteiger partial charge in [0.2, 0.25) is 0 Å². The molecule has 0 aliphatic carbocycles. The lowest BCUT2D eigenvalue weighted by Gasteiger charge is -2.25. The third kappa shape index (κ3) is 3.84. The Bertz CT molecular complexity index is 380. The molecule has 1 atom stereocenters. The number of hydrogen-bond donors (Lipinski definition) is 1. The fourth-order valence-corrected chi connectivity index (χ4v) is 1.75. The summed E-state index contributed by atoms with van der Waals surface area (Å²) in [5, 5.41) is 17.1. The molecule has 0 aromatic carbocycles. The number of nitrogens with one attached hydrogen (secondary N) is 1. The Hall–Kier alpha value is -1.05. The molecule has 88 valence electrons. The van der Waals surface area contributed by atoms with Gasteiger partial charge in [0, 0.05) is 18.8 Å². The van der Waals surface area contributed by atoms with Gasteiger partial charge in [-0.25, -0.2) is 0 Å². The Morgan fingerprint density at radius 3 is 2.81 bits per heavy atom. The van der Waals surface area contributed by atoms with Crippen molar-refractivity contribution in [3.8, 4) is 6.07 Å². The zero-order chi connectivity index (χ0) is 12.2. The number of aromatic nitrogens is 2. The van der Waals surface area contributed by atoms with Gasteiger partial charge in [-0.3, -0.25) is 10.00 Å². The summed E-state index contributed by atoms with van der Waals surface area (Å²) in [6, 6.07) is 2.58. The quantitative estimate of drug-likeness (QED) is 0.859. The minimum absolute atomic E-state index is 0.283. The van der Waals surface area contributed by atoms with E-state index in [0.29, 0.717) is 18.0 Å². The highest BCUT2D eigenvalue weighted by Gasteiger charge is 2.24. The fraction of sp³-hybridized carbons (Fsp3) is 0.636. The Morgan fingerprint density at radius 1 is 1.69 bits per heavy atom. The third-order valence-electron chi connectivity index (χ3n) is 2.30. The fourth-order valence-electron chi connectivity index (χ4n) is 1.60. The van der Waals surface area contributed by atoms with E-state index >= 15 is 0 Å². The molecule has 0 radical (unpaired) electrons. The molecule has 0 saturated carbocycles. The van der Waals surface area contributed by atoms with Gasteiger partial charge in [0.1, 0.15) is 5.54 Å². The number of rotatable bonds is 5. The van der Waals surface area contributed by atoms with E-state index in [-0.39, 0.29) is 6.04 Å². The number of hydrogen-bond acceptors (Lipinski definition) is 3. The van der Waals surface area contributed by atoms with Gasteiger partial charge >= 0.3 is 0 Å². The molecular weight excluding hydrogens is 224 g/mol. The highest BCUT2D eigenvalue weighted by molar-refractivity contribution is 6.30. The topological polar surface area (TPSA) is 53.6 Å². The predicted octanol–water partition coefficient (Wildman–Crippen LogP) is 2.21. The lowest BCUT2D eigenvalue weighted by atomic mass is 9.99. The van der Waals surface area contributed by atoms with Crippen molar-refractivity contribution in [2.24, 2.45) is 0 Å². The molecule has 0 saturated heterocycles. The van der Waals surface area contributed by atoms with E-state index < -0.39 is 5.54 Å². The maximum atomic E-state index is 9.15. The minimum Gasteiger partial charge on any atom is -0.297 e. The summed E-state index contributed by atoms with van der Waals surface area (Å²) in [6.45, 7) is 6.63. The van der Waals surface area contributed by atoms with Crippen molar-refractivity contribution in [3.05, 3.63) is 17.4 Å². The minimum atomic E-state index is -0.521. The van der Waals surface area contributed by atoms with E-state index in [1.54, 1.807) is 17.1 Å². The van der Waals surface area contributed by atoms with Gasteiger partial charge < -0.3 is 0 Å². The normalized spacial score (nSPS) is 14.8. The van der Waals surface area contributed by atoms with Crippen molar-refractivity contribution in [2.75, 3.05) is 0 Å². The summed E-state index contributed by atoms with van der Waals surface area (Å²) in [5.74, 6) is 0. The monoisotopic (exact) mass is 240 g/mol. The molecule has 4 nitrogen and oxygen atoms in total. The molecule has 0 aliphatic rings. The molecule has 1 aromatic heterocycles. The highest BCUT2D eigenvalue weighted by Crippen LogP contribution is 2.12. The van der Waals surface area contributed by atoms with E-state index in [1.165, 1.54) is 0 Å². The van der Waals surface area contributed by atoms with Crippen molar-refractivity contribution < 1.29 is 0 Å².